The number of carbonyl (C=O) groups is 1. The SMILES string of the molecule is Cc1ccc(C(=O)N(C)C)cc1NS(=O)(=O)c1cccc(C(F)(F)F)c1. The molecule has 0 saturated heterocycles. The fourth-order valence-corrected chi connectivity index (χ4v) is 3.33. The van der Waals surface area contributed by atoms with Crippen molar-refractivity contribution in [2.24, 2.45) is 0 Å². The molecule has 0 heterocycles. The van der Waals surface area contributed by atoms with E-state index < -0.39 is 26.7 Å². The zero-order chi connectivity index (χ0) is 19.7. The molecule has 0 aliphatic rings. The van der Waals surface area contributed by atoms with Gasteiger partial charge in [0.1, 0.15) is 0 Å². The van der Waals surface area contributed by atoms with Crippen molar-refractivity contribution < 1.29 is 26.4 Å². The molecule has 26 heavy (non-hydrogen) atoms. The second kappa shape index (κ2) is 6.99. The molecule has 0 aromatic heterocycles. The predicted molar refractivity (Wildman–Crippen MR) is 91.4 cm³/mol. The maximum atomic E-state index is 12.8. The molecule has 1 N–H and O–H groups in total. The van der Waals surface area contributed by atoms with E-state index in [1.54, 1.807) is 33.2 Å². The highest BCUT2D eigenvalue weighted by molar-refractivity contribution is 7.92. The quantitative estimate of drug-likeness (QED) is 0.874. The van der Waals surface area contributed by atoms with Crippen molar-refractivity contribution in [2.45, 2.75) is 18.0 Å². The predicted octanol–water partition coefficient (Wildman–Crippen LogP) is 3.52. The highest BCUT2D eigenvalue weighted by Gasteiger charge is 2.31. The van der Waals surface area contributed by atoms with Crippen LogP contribution < -0.4 is 4.72 Å². The molecule has 0 radical (unpaired) electrons. The first kappa shape index (κ1) is 19.8. The summed E-state index contributed by atoms with van der Waals surface area (Å²) < 4.78 is 65.6. The summed E-state index contributed by atoms with van der Waals surface area (Å²) in [6, 6.07) is 7.90. The number of alkyl halides is 3. The first-order valence-electron chi connectivity index (χ1n) is 7.44. The molecule has 5 nitrogen and oxygen atoms in total. The summed E-state index contributed by atoms with van der Waals surface area (Å²) in [4.78, 5) is 12.8. The summed E-state index contributed by atoms with van der Waals surface area (Å²) in [5.74, 6) is -0.329. The largest absolute Gasteiger partial charge is 0.416 e. The average Bonchev–Trinajstić information content (AvgIpc) is 2.55. The molecule has 2 aromatic rings. The van der Waals surface area contributed by atoms with Crippen molar-refractivity contribution in [3.63, 3.8) is 0 Å². The number of nitrogens with zero attached hydrogens (tertiary/aromatic N) is 1. The van der Waals surface area contributed by atoms with Crippen LogP contribution in [0, 0.1) is 6.92 Å². The number of sulfonamides is 1. The Morgan fingerprint density at radius 1 is 1.08 bits per heavy atom. The molecule has 2 rings (SSSR count). The van der Waals surface area contributed by atoms with E-state index in [-0.39, 0.29) is 17.2 Å². The summed E-state index contributed by atoms with van der Waals surface area (Å²) in [5, 5.41) is 0. The summed E-state index contributed by atoms with van der Waals surface area (Å²) in [6.07, 6.45) is -4.65. The Balaban J connectivity index is 2.41. The van der Waals surface area contributed by atoms with E-state index in [0.717, 1.165) is 18.2 Å². The maximum absolute atomic E-state index is 12.8. The van der Waals surface area contributed by atoms with Gasteiger partial charge < -0.3 is 4.90 Å². The molecule has 2 aromatic carbocycles. The molecule has 140 valence electrons. The minimum atomic E-state index is -4.65. The fraction of sp³-hybridized carbons (Fsp3) is 0.235. The average molecular weight is 386 g/mol. The van der Waals surface area contributed by atoms with Gasteiger partial charge in [-0.25, -0.2) is 8.42 Å². The number of benzene rings is 2. The summed E-state index contributed by atoms with van der Waals surface area (Å²) in [7, 11) is -1.16. The van der Waals surface area contributed by atoms with Crippen molar-refractivity contribution in [2.75, 3.05) is 18.8 Å². The minimum Gasteiger partial charge on any atom is -0.345 e. The van der Waals surface area contributed by atoms with Gasteiger partial charge in [-0.05, 0) is 42.8 Å². The number of amides is 1. The highest BCUT2D eigenvalue weighted by atomic mass is 32.2. The second-order valence-electron chi connectivity index (χ2n) is 5.86. The second-order valence-corrected chi connectivity index (χ2v) is 7.54. The van der Waals surface area contributed by atoms with Gasteiger partial charge >= 0.3 is 6.18 Å². The lowest BCUT2D eigenvalue weighted by atomic mass is 10.1. The molecule has 0 saturated carbocycles. The van der Waals surface area contributed by atoms with Crippen LogP contribution >= 0.6 is 0 Å². The van der Waals surface area contributed by atoms with Crippen LogP contribution in [0.4, 0.5) is 18.9 Å². The third kappa shape index (κ3) is 4.34. The first-order valence-corrected chi connectivity index (χ1v) is 8.92. The minimum absolute atomic E-state index is 0.120. The number of hydrogen-bond acceptors (Lipinski definition) is 3. The normalized spacial score (nSPS) is 11.9. The molecule has 0 atom stereocenters. The van der Waals surface area contributed by atoms with Gasteiger partial charge in [-0.3, -0.25) is 9.52 Å². The number of carbonyl (C=O) groups excluding carboxylic acids is 1. The Morgan fingerprint density at radius 3 is 2.31 bits per heavy atom. The van der Waals surface area contributed by atoms with Gasteiger partial charge in [0.15, 0.2) is 0 Å². The van der Waals surface area contributed by atoms with Gasteiger partial charge in [0.25, 0.3) is 15.9 Å². The Morgan fingerprint density at radius 2 is 1.73 bits per heavy atom. The molecule has 0 bridgehead atoms. The Bertz CT molecular complexity index is 939. The van der Waals surface area contributed by atoms with E-state index in [1.807, 2.05) is 0 Å². The van der Waals surface area contributed by atoms with E-state index in [1.165, 1.54) is 11.0 Å². The van der Waals surface area contributed by atoms with Gasteiger partial charge in [0.05, 0.1) is 16.1 Å². The van der Waals surface area contributed by atoms with Crippen molar-refractivity contribution in [1.82, 2.24) is 4.90 Å². The van der Waals surface area contributed by atoms with Gasteiger partial charge in [-0.1, -0.05) is 12.1 Å². The summed E-state index contributed by atoms with van der Waals surface area (Å²) >= 11 is 0. The lowest BCUT2D eigenvalue weighted by Gasteiger charge is -2.15. The van der Waals surface area contributed by atoms with Gasteiger partial charge in [0, 0.05) is 19.7 Å². The smallest absolute Gasteiger partial charge is 0.345 e. The monoisotopic (exact) mass is 386 g/mol. The number of nitrogens with one attached hydrogen (secondary N) is 1. The van der Waals surface area contributed by atoms with Gasteiger partial charge in [-0.2, -0.15) is 13.2 Å². The van der Waals surface area contributed by atoms with E-state index in [2.05, 4.69) is 4.72 Å². The number of aryl methyl sites for hydroxylation is 1. The molecule has 0 aliphatic carbocycles. The Hall–Kier alpha value is -2.55. The zero-order valence-corrected chi connectivity index (χ0v) is 15.1. The molecule has 0 aliphatic heterocycles. The molecule has 1 amide bonds. The molecular formula is C17H17F3N2O3S. The number of hydrogen-bond donors (Lipinski definition) is 1. The van der Waals surface area contributed by atoms with E-state index >= 15 is 0 Å². The maximum Gasteiger partial charge on any atom is 0.416 e. The molecule has 9 heteroatoms. The van der Waals surface area contributed by atoms with E-state index in [0.29, 0.717) is 11.6 Å². The molecule has 0 fully saturated rings. The van der Waals surface area contributed by atoms with Crippen LogP contribution in [0.15, 0.2) is 47.4 Å². The Labute approximate surface area is 149 Å². The summed E-state index contributed by atoms with van der Waals surface area (Å²) in [5.41, 5.74) is -0.165. The Kier molecular flexibility index (Phi) is 5.31. The van der Waals surface area contributed by atoms with Crippen LogP contribution in [0.25, 0.3) is 0 Å². The van der Waals surface area contributed by atoms with Crippen molar-refractivity contribution in [3.8, 4) is 0 Å². The van der Waals surface area contributed by atoms with Crippen molar-refractivity contribution >= 4 is 21.6 Å². The first-order chi connectivity index (χ1) is 11.9. The van der Waals surface area contributed by atoms with E-state index in [4.69, 9.17) is 0 Å². The standard InChI is InChI=1S/C17H17F3N2O3S/c1-11-7-8-12(16(23)22(2)3)9-15(11)21-26(24,25)14-6-4-5-13(10-14)17(18,19)20/h4-10,21H,1-3H3. The molecule has 0 unspecified atom stereocenters. The highest BCUT2D eigenvalue weighted by Crippen LogP contribution is 2.31. The number of anilines is 1. The van der Waals surface area contributed by atoms with Crippen LogP contribution in [-0.2, 0) is 16.2 Å². The van der Waals surface area contributed by atoms with Crippen molar-refractivity contribution in [1.29, 1.82) is 0 Å². The van der Waals surface area contributed by atoms with Crippen LogP contribution in [0.1, 0.15) is 21.5 Å². The van der Waals surface area contributed by atoms with Gasteiger partial charge in [-0.15, -0.1) is 0 Å². The fourth-order valence-electron chi connectivity index (χ4n) is 2.17. The topological polar surface area (TPSA) is 66.5 Å². The van der Waals surface area contributed by atoms with Gasteiger partial charge in [0.2, 0.25) is 0 Å². The lowest BCUT2D eigenvalue weighted by Crippen LogP contribution is -2.22. The van der Waals surface area contributed by atoms with Crippen LogP contribution in [0.5, 0.6) is 0 Å². The van der Waals surface area contributed by atoms with Crippen LogP contribution in [0.3, 0.4) is 0 Å². The third-order valence-electron chi connectivity index (χ3n) is 3.61. The van der Waals surface area contributed by atoms with E-state index in [9.17, 15) is 26.4 Å². The lowest BCUT2D eigenvalue weighted by molar-refractivity contribution is -0.137. The summed E-state index contributed by atoms with van der Waals surface area (Å²) in [6.45, 7) is 1.62. The zero-order valence-electron chi connectivity index (χ0n) is 14.3. The van der Waals surface area contributed by atoms with Crippen molar-refractivity contribution in [3.05, 3.63) is 59.2 Å². The third-order valence-corrected chi connectivity index (χ3v) is 4.97. The molecular weight excluding hydrogens is 369 g/mol. The van der Waals surface area contributed by atoms with Crippen LogP contribution in [0.2, 0.25) is 0 Å². The molecule has 0 spiro atoms. The number of rotatable bonds is 4. The van der Waals surface area contributed by atoms with Crippen LogP contribution in [-0.4, -0.2) is 33.3 Å². The number of halogens is 3.